The molecule has 2 saturated heterocycles. The van der Waals surface area contributed by atoms with Crippen molar-refractivity contribution in [1.29, 1.82) is 0 Å². The van der Waals surface area contributed by atoms with Gasteiger partial charge in [0.25, 0.3) is 0 Å². The van der Waals surface area contributed by atoms with Gasteiger partial charge in [-0.3, -0.25) is 9.59 Å². The Morgan fingerprint density at radius 3 is 2.68 bits per heavy atom. The Kier molecular flexibility index (Phi) is 5.15. The van der Waals surface area contributed by atoms with Gasteiger partial charge < -0.3 is 20.2 Å². The van der Waals surface area contributed by atoms with Gasteiger partial charge in [0.05, 0.1) is 0 Å². The predicted octanol–water partition coefficient (Wildman–Crippen LogP) is -0.961. The lowest BCUT2D eigenvalue weighted by molar-refractivity contribution is -0.151. The van der Waals surface area contributed by atoms with E-state index >= 15 is 0 Å². The summed E-state index contributed by atoms with van der Waals surface area (Å²) in [5.74, 6) is -0.400. The molecule has 0 aliphatic carbocycles. The van der Waals surface area contributed by atoms with Crippen LogP contribution in [0.3, 0.4) is 0 Å². The molecular weight excluding hydrogens is 246 g/mol. The largest absolute Gasteiger partial charge is 0.396 e. The van der Waals surface area contributed by atoms with E-state index in [2.05, 4.69) is 5.32 Å². The molecule has 108 valence electrons. The topological polar surface area (TPSA) is 72.9 Å². The first kappa shape index (κ1) is 14.3. The summed E-state index contributed by atoms with van der Waals surface area (Å²) in [6.45, 7) is 4.33. The summed E-state index contributed by atoms with van der Waals surface area (Å²) in [4.78, 5) is 27.6. The van der Waals surface area contributed by atoms with Crippen molar-refractivity contribution in [2.45, 2.75) is 19.3 Å². The maximum atomic E-state index is 12.2. The second-order valence-electron chi connectivity index (χ2n) is 5.31. The van der Waals surface area contributed by atoms with E-state index in [1.165, 1.54) is 0 Å². The number of aliphatic hydroxyl groups is 1. The number of carbonyl (C=O) groups excluding carboxylic acids is 2. The molecule has 0 aromatic heterocycles. The van der Waals surface area contributed by atoms with Crippen molar-refractivity contribution in [3.63, 3.8) is 0 Å². The van der Waals surface area contributed by atoms with Gasteiger partial charge >= 0.3 is 11.8 Å². The van der Waals surface area contributed by atoms with Gasteiger partial charge in [0.1, 0.15) is 0 Å². The Morgan fingerprint density at radius 2 is 1.89 bits per heavy atom. The maximum absolute atomic E-state index is 12.2. The van der Waals surface area contributed by atoms with Gasteiger partial charge in [-0.1, -0.05) is 0 Å². The standard InChI is InChI=1S/C13H23N3O3/c17-9-3-11-2-7-16(10-11)13(19)12(18)15-6-1-4-14-5-8-15/h11,14,17H,1-10H2. The summed E-state index contributed by atoms with van der Waals surface area (Å²) in [5.41, 5.74) is 0. The van der Waals surface area contributed by atoms with Crippen molar-refractivity contribution in [1.82, 2.24) is 15.1 Å². The summed E-state index contributed by atoms with van der Waals surface area (Å²) in [7, 11) is 0. The van der Waals surface area contributed by atoms with E-state index in [0.29, 0.717) is 38.5 Å². The summed E-state index contributed by atoms with van der Waals surface area (Å²) in [5, 5.41) is 12.1. The third-order valence-electron chi connectivity index (χ3n) is 3.92. The third kappa shape index (κ3) is 3.67. The average molecular weight is 269 g/mol. The van der Waals surface area contributed by atoms with Crippen LogP contribution in [-0.4, -0.2) is 72.6 Å². The van der Waals surface area contributed by atoms with Gasteiger partial charge in [0, 0.05) is 39.3 Å². The molecule has 6 heteroatoms. The summed E-state index contributed by atoms with van der Waals surface area (Å²) >= 11 is 0. The minimum atomic E-state index is -0.373. The SMILES string of the molecule is O=C(C(=O)N1CCC(CCO)C1)N1CCCNCC1. The first-order chi connectivity index (χ1) is 9.22. The molecule has 2 amide bonds. The number of aliphatic hydroxyl groups excluding tert-OH is 1. The van der Waals surface area contributed by atoms with Crippen LogP contribution in [0.5, 0.6) is 0 Å². The number of carbonyl (C=O) groups is 2. The monoisotopic (exact) mass is 269 g/mol. The molecule has 1 atom stereocenters. The molecule has 6 nitrogen and oxygen atoms in total. The smallest absolute Gasteiger partial charge is 0.312 e. The molecule has 2 fully saturated rings. The third-order valence-corrected chi connectivity index (χ3v) is 3.92. The molecule has 1 unspecified atom stereocenters. The van der Waals surface area contributed by atoms with Crippen molar-refractivity contribution < 1.29 is 14.7 Å². The van der Waals surface area contributed by atoms with Gasteiger partial charge in [-0.15, -0.1) is 0 Å². The lowest BCUT2D eigenvalue weighted by Gasteiger charge is -2.23. The molecule has 2 heterocycles. The van der Waals surface area contributed by atoms with Crippen molar-refractivity contribution in [2.75, 3.05) is 45.9 Å². The first-order valence-corrected chi connectivity index (χ1v) is 7.12. The van der Waals surface area contributed by atoms with E-state index < -0.39 is 0 Å². The zero-order valence-electron chi connectivity index (χ0n) is 11.3. The fourth-order valence-corrected chi connectivity index (χ4v) is 2.75. The molecular formula is C13H23N3O3. The molecule has 2 N–H and O–H groups in total. The van der Waals surface area contributed by atoms with E-state index in [4.69, 9.17) is 5.11 Å². The molecule has 0 saturated carbocycles. The number of amides is 2. The summed E-state index contributed by atoms with van der Waals surface area (Å²) in [6, 6.07) is 0. The zero-order valence-corrected chi connectivity index (χ0v) is 11.3. The van der Waals surface area contributed by atoms with Crippen LogP contribution < -0.4 is 5.32 Å². The van der Waals surface area contributed by atoms with E-state index in [1.807, 2.05) is 0 Å². The minimum Gasteiger partial charge on any atom is -0.396 e. The molecule has 2 rings (SSSR count). The fraction of sp³-hybridized carbons (Fsp3) is 0.846. The van der Waals surface area contributed by atoms with Gasteiger partial charge in [-0.05, 0) is 31.7 Å². The van der Waals surface area contributed by atoms with Crippen LogP contribution in [0, 0.1) is 5.92 Å². The second-order valence-corrected chi connectivity index (χ2v) is 5.31. The van der Waals surface area contributed by atoms with Gasteiger partial charge in [-0.25, -0.2) is 0 Å². The molecule has 19 heavy (non-hydrogen) atoms. The van der Waals surface area contributed by atoms with Gasteiger partial charge in [-0.2, -0.15) is 0 Å². The van der Waals surface area contributed by atoms with Crippen LogP contribution in [0.4, 0.5) is 0 Å². The van der Waals surface area contributed by atoms with Crippen LogP contribution >= 0.6 is 0 Å². The van der Waals surface area contributed by atoms with E-state index in [0.717, 1.165) is 25.9 Å². The fourth-order valence-electron chi connectivity index (χ4n) is 2.75. The quantitative estimate of drug-likeness (QED) is 0.633. The molecule has 0 bridgehead atoms. The highest BCUT2D eigenvalue weighted by Gasteiger charge is 2.32. The van der Waals surface area contributed by atoms with Crippen LogP contribution in [-0.2, 0) is 9.59 Å². The average Bonchev–Trinajstić information content (AvgIpc) is 2.72. The highest BCUT2D eigenvalue weighted by Crippen LogP contribution is 2.19. The highest BCUT2D eigenvalue weighted by atomic mass is 16.3. The van der Waals surface area contributed by atoms with Gasteiger partial charge in [0.2, 0.25) is 0 Å². The van der Waals surface area contributed by atoms with Crippen LogP contribution in [0.15, 0.2) is 0 Å². The normalized spacial score (nSPS) is 24.4. The number of nitrogens with one attached hydrogen (secondary N) is 1. The minimum absolute atomic E-state index is 0.151. The Morgan fingerprint density at radius 1 is 1.11 bits per heavy atom. The highest BCUT2D eigenvalue weighted by molar-refractivity contribution is 6.34. The first-order valence-electron chi connectivity index (χ1n) is 7.12. The zero-order chi connectivity index (χ0) is 13.7. The Bertz CT molecular complexity index is 327. The van der Waals surface area contributed by atoms with E-state index in [9.17, 15) is 9.59 Å². The maximum Gasteiger partial charge on any atom is 0.312 e. The number of nitrogens with zero attached hydrogens (tertiary/aromatic N) is 2. The molecule has 2 aliphatic heterocycles. The molecule has 0 spiro atoms. The van der Waals surface area contributed by atoms with E-state index in [1.54, 1.807) is 9.80 Å². The Hall–Kier alpha value is -1.14. The summed E-state index contributed by atoms with van der Waals surface area (Å²) < 4.78 is 0. The molecule has 2 aliphatic rings. The lowest BCUT2D eigenvalue weighted by Crippen LogP contribution is -2.45. The van der Waals surface area contributed by atoms with Crippen molar-refractivity contribution in [3.8, 4) is 0 Å². The number of hydrogen-bond acceptors (Lipinski definition) is 4. The van der Waals surface area contributed by atoms with Crippen LogP contribution in [0.2, 0.25) is 0 Å². The Balaban J connectivity index is 1.86. The number of hydrogen-bond donors (Lipinski definition) is 2. The number of likely N-dealkylation sites (tertiary alicyclic amines) is 1. The molecule has 0 aromatic carbocycles. The van der Waals surface area contributed by atoms with Crippen molar-refractivity contribution in [3.05, 3.63) is 0 Å². The van der Waals surface area contributed by atoms with Crippen LogP contribution in [0.1, 0.15) is 19.3 Å². The molecule has 0 aromatic rings. The molecule has 0 radical (unpaired) electrons. The van der Waals surface area contributed by atoms with Crippen LogP contribution in [0.25, 0.3) is 0 Å². The van der Waals surface area contributed by atoms with Crippen molar-refractivity contribution >= 4 is 11.8 Å². The van der Waals surface area contributed by atoms with Crippen molar-refractivity contribution in [2.24, 2.45) is 5.92 Å². The second kappa shape index (κ2) is 6.86. The summed E-state index contributed by atoms with van der Waals surface area (Å²) in [6.07, 6.45) is 2.50. The van der Waals surface area contributed by atoms with E-state index in [-0.39, 0.29) is 18.4 Å². The van der Waals surface area contributed by atoms with Gasteiger partial charge in [0.15, 0.2) is 0 Å². The lowest BCUT2D eigenvalue weighted by atomic mass is 10.1. The predicted molar refractivity (Wildman–Crippen MR) is 70.5 cm³/mol. The Labute approximate surface area is 113 Å². The number of rotatable bonds is 2.